The smallest absolute Gasteiger partial charge is 0.330 e. The zero-order valence-electron chi connectivity index (χ0n) is 13.8. The first-order chi connectivity index (χ1) is 11.5. The number of carbonyl (C=O) groups excluding carboxylic acids is 2. The number of aryl methyl sites for hydroxylation is 1. The fraction of sp³-hybridized carbons (Fsp3) is 0.222. The summed E-state index contributed by atoms with van der Waals surface area (Å²) in [6.45, 7) is -0.0917. The van der Waals surface area contributed by atoms with E-state index in [0.29, 0.717) is 17.2 Å². The van der Waals surface area contributed by atoms with Crippen molar-refractivity contribution in [3.63, 3.8) is 0 Å². The minimum atomic E-state index is -0.442. The molecule has 0 fully saturated rings. The molecule has 0 unspecified atom stereocenters. The minimum Gasteiger partial charge on any atom is -0.493 e. The Kier molecular flexibility index (Phi) is 5.78. The molecule has 0 aliphatic rings. The molecular formula is C18H19NO5. The minimum absolute atomic E-state index is 0.0917. The van der Waals surface area contributed by atoms with Crippen LogP contribution in [-0.2, 0) is 16.6 Å². The molecule has 0 aliphatic heterocycles. The van der Waals surface area contributed by atoms with Gasteiger partial charge in [0.05, 0.1) is 19.9 Å². The van der Waals surface area contributed by atoms with E-state index < -0.39 is 5.97 Å². The zero-order valence-corrected chi connectivity index (χ0v) is 13.8. The number of benzene rings is 1. The lowest BCUT2D eigenvalue weighted by Gasteiger charge is -2.11. The summed E-state index contributed by atoms with van der Waals surface area (Å²) in [4.78, 5) is 23.2. The zero-order chi connectivity index (χ0) is 17.5. The normalized spacial score (nSPS) is 10.6. The molecule has 0 bridgehead atoms. The van der Waals surface area contributed by atoms with Crippen molar-refractivity contribution in [2.45, 2.75) is 0 Å². The van der Waals surface area contributed by atoms with Crippen LogP contribution < -0.4 is 9.47 Å². The molecule has 1 aromatic carbocycles. The van der Waals surface area contributed by atoms with Crippen LogP contribution >= 0.6 is 0 Å². The molecule has 0 spiro atoms. The van der Waals surface area contributed by atoms with E-state index >= 15 is 0 Å². The van der Waals surface area contributed by atoms with Crippen molar-refractivity contribution in [3.8, 4) is 11.5 Å². The third-order valence-electron chi connectivity index (χ3n) is 3.39. The Morgan fingerprint density at radius 2 is 1.96 bits per heavy atom. The molecule has 6 nitrogen and oxygen atoms in total. The maximum Gasteiger partial charge on any atom is 0.330 e. The first kappa shape index (κ1) is 17.3. The van der Waals surface area contributed by atoms with Crippen LogP contribution in [-0.4, -0.2) is 37.1 Å². The van der Waals surface area contributed by atoms with Crippen LogP contribution in [0.1, 0.15) is 16.1 Å². The molecule has 1 heterocycles. The van der Waals surface area contributed by atoms with Gasteiger partial charge in [0.1, 0.15) is 0 Å². The van der Waals surface area contributed by atoms with Crippen molar-refractivity contribution in [1.82, 2.24) is 4.57 Å². The van der Waals surface area contributed by atoms with Crippen LogP contribution in [0, 0.1) is 0 Å². The number of hydrogen-bond acceptors (Lipinski definition) is 5. The molecule has 0 N–H and O–H groups in total. The number of hydrogen-bond donors (Lipinski definition) is 0. The summed E-state index contributed by atoms with van der Waals surface area (Å²) in [5, 5.41) is 0. The van der Waals surface area contributed by atoms with Gasteiger partial charge in [-0.1, -0.05) is 6.07 Å². The number of aromatic nitrogens is 1. The summed E-state index contributed by atoms with van der Waals surface area (Å²) in [6.07, 6.45) is 4.72. The van der Waals surface area contributed by atoms with Crippen LogP contribution in [0.3, 0.4) is 0 Å². The number of rotatable bonds is 7. The quantitative estimate of drug-likeness (QED) is 0.443. The first-order valence-corrected chi connectivity index (χ1v) is 7.26. The lowest BCUT2D eigenvalue weighted by Crippen LogP contribution is -2.15. The van der Waals surface area contributed by atoms with Gasteiger partial charge in [-0.3, -0.25) is 4.79 Å². The van der Waals surface area contributed by atoms with E-state index in [9.17, 15) is 9.59 Å². The van der Waals surface area contributed by atoms with Crippen molar-refractivity contribution in [1.29, 1.82) is 0 Å². The molecule has 2 rings (SSSR count). The number of Topliss-reactive ketones (excluding diaryl/α,β-unsaturated/α-hetero) is 1. The van der Waals surface area contributed by atoms with Gasteiger partial charge >= 0.3 is 5.97 Å². The van der Waals surface area contributed by atoms with Gasteiger partial charge in [-0.05, 0) is 35.9 Å². The monoisotopic (exact) mass is 329 g/mol. The summed E-state index contributed by atoms with van der Waals surface area (Å²) in [7, 11) is 4.62. The molecule has 0 aliphatic carbocycles. The van der Waals surface area contributed by atoms with Gasteiger partial charge in [-0.2, -0.15) is 0 Å². The third-order valence-corrected chi connectivity index (χ3v) is 3.39. The number of carbonyl (C=O) groups is 2. The molecule has 0 saturated carbocycles. The fourth-order valence-corrected chi connectivity index (χ4v) is 2.11. The highest BCUT2D eigenvalue weighted by molar-refractivity contribution is 5.95. The average Bonchev–Trinajstić information content (AvgIpc) is 3.03. The van der Waals surface area contributed by atoms with Crippen molar-refractivity contribution in [2.24, 2.45) is 7.05 Å². The second-order valence-electron chi connectivity index (χ2n) is 4.98. The molecule has 6 heteroatoms. The predicted molar refractivity (Wildman–Crippen MR) is 89.3 cm³/mol. The van der Waals surface area contributed by atoms with Crippen LogP contribution in [0.4, 0.5) is 0 Å². The van der Waals surface area contributed by atoms with Crippen molar-refractivity contribution >= 4 is 17.8 Å². The van der Waals surface area contributed by atoms with Crippen molar-refractivity contribution in [3.05, 3.63) is 53.9 Å². The van der Waals surface area contributed by atoms with Gasteiger partial charge in [0.15, 0.2) is 18.1 Å². The van der Waals surface area contributed by atoms with Gasteiger partial charge in [0.2, 0.25) is 5.78 Å². The molecule has 0 atom stereocenters. The topological polar surface area (TPSA) is 66.8 Å². The van der Waals surface area contributed by atoms with Gasteiger partial charge < -0.3 is 18.8 Å². The number of methoxy groups -OCH3 is 2. The first-order valence-electron chi connectivity index (χ1n) is 7.26. The van der Waals surface area contributed by atoms with Gasteiger partial charge in [-0.15, -0.1) is 0 Å². The van der Waals surface area contributed by atoms with Crippen molar-refractivity contribution in [2.75, 3.05) is 20.8 Å². The van der Waals surface area contributed by atoms with E-state index in [4.69, 9.17) is 9.47 Å². The van der Waals surface area contributed by atoms with E-state index in [-0.39, 0.29) is 12.4 Å². The Morgan fingerprint density at radius 3 is 2.58 bits per heavy atom. The second kappa shape index (κ2) is 8.01. The molecule has 0 radical (unpaired) electrons. The molecule has 0 saturated heterocycles. The summed E-state index contributed by atoms with van der Waals surface area (Å²) < 4.78 is 17.1. The fourth-order valence-electron chi connectivity index (χ4n) is 2.11. The number of esters is 1. The Balaban J connectivity index is 2.08. The lowest BCUT2D eigenvalue weighted by atomic mass is 10.2. The molecular weight excluding hydrogens is 310 g/mol. The summed E-state index contributed by atoms with van der Waals surface area (Å²) in [6, 6.07) is 8.69. The molecule has 0 amide bonds. The molecule has 24 heavy (non-hydrogen) atoms. The third kappa shape index (κ3) is 4.25. The van der Waals surface area contributed by atoms with Gasteiger partial charge in [0, 0.05) is 19.3 Å². The maximum absolute atomic E-state index is 12.1. The van der Waals surface area contributed by atoms with E-state index in [1.165, 1.54) is 20.3 Å². The SMILES string of the molecule is COC(=O)C=Cc1ccc(OCC(=O)c2cccn2C)c(OC)c1. The Hall–Kier alpha value is -3.02. The molecule has 1 aromatic heterocycles. The Bertz CT molecular complexity index is 761. The van der Waals surface area contributed by atoms with Crippen molar-refractivity contribution < 1.29 is 23.8 Å². The summed E-state index contributed by atoms with van der Waals surface area (Å²) in [5.74, 6) is 0.360. The highest BCUT2D eigenvalue weighted by atomic mass is 16.5. The predicted octanol–water partition coefficient (Wildman–Crippen LogP) is 2.48. The second-order valence-corrected chi connectivity index (χ2v) is 4.98. The van der Waals surface area contributed by atoms with E-state index in [1.807, 2.05) is 0 Å². The average molecular weight is 329 g/mol. The Morgan fingerprint density at radius 1 is 1.17 bits per heavy atom. The standard InChI is InChI=1S/C18H19NO5/c1-19-10-4-5-14(19)15(20)12-24-16-8-6-13(11-17(16)22-2)7-9-18(21)23-3/h4-11H,12H2,1-3H3. The van der Waals surface area contributed by atoms with E-state index in [2.05, 4.69) is 4.74 Å². The van der Waals surface area contributed by atoms with E-state index in [1.54, 1.807) is 54.2 Å². The van der Waals surface area contributed by atoms with Gasteiger partial charge in [-0.25, -0.2) is 4.79 Å². The van der Waals surface area contributed by atoms with Gasteiger partial charge in [0.25, 0.3) is 0 Å². The Labute approximate surface area is 140 Å². The largest absolute Gasteiger partial charge is 0.493 e. The molecule has 2 aromatic rings. The number of nitrogens with zero attached hydrogens (tertiary/aromatic N) is 1. The van der Waals surface area contributed by atoms with Crippen LogP contribution in [0.15, 0.2) is 42.6 Å². The van der Waals surface area contributed by atoms with E-state index in [0.717, 1.165) is 5.56 Å². The molecule has 126 valence electrons. The number of ether oxygens (including phenoxy) is 3. The summed E-state index contributed by atoms with van der Waals surface area (Å²) >= 11 is 0. The summed E-state index contributed by atoms with van der Waals surface area (Å²) in [5.41, 5.74) is 1.32. The lowest BCUT2D eigenvalue weighted by molar-refractivity contribution is -0.134. The highest BCUT2D eigenvalue weighted by Crippen LogP contribution is 2.28. The van der Waals surface area contributed by atoms with Crippen LogP contribution in [0.2, 0.25) is 0 Å². The van der Waals surface area contributed by atoms with Crippen LogP contribution in [0.25, 0.3) is 6.08 Å². The highest BCUT2D eigenvalue weighted by Gasteiger charge is 2.12. The maximum atomic E-state index is 12.1. The number of ketones is 1. The van der Waals surface area contributed by atoms with Crippen LogP contribution in [0.5, 0.6) is 11.5 Å².